The highest BCUT2D eigenvalue weighted by molar-refractivity contribution is 5.89. The second kappa shape index (κ2) is 8.89. The molecular weight excluding hydrogens is 397 g/mol. The molecule has 1 atom stereocenters. The van der Waals surface area contributed by atoms with Crippen molar-refractivity contribution in [3.8, 4) is 5.75 Å². The van der Waals surface area contributed by atoms with E-state index in [0.717, 1.165) is 28.5 Å². The lowest BCUT2D eigenvalue weighted by atomic mass is 9.95. The van der Waals surface area contributed by atoms with Gasteiger partial charge in [0.05, 0.1) is 12.8 Å². The summed E-state index contributed by atoms with van der Waals surface area (Å²) >= 11 is 0. The predicted octanol–water partition coefficient (Wildman–Crippen LogP) is 4.00. The van der Waals surface area contributed by atoms with E-state index >= 15 is 0 Å². The van der Waals surface area contributed by atoms with Gasteiger partial charge in [0.25, 0.3) is 5.91 Å². The summed E-state index contributed by atoms with van der Waals surface area (Å²) < 4.78 is 27.3. The SMILES string of the molecule is Cc1cc(F)cc(C2CCOC2)c1OCC(=O)N(C)/N=C/c1ccc2ccn(C)c2c1. The number of amides is 1. The molecule has 0 spiro atoms. The van der Waals surface area contributed by atoms with Crippen LogP contribution in [0.15, 0.2) is 47.7 Å². The first-order valence-electron chi connectivity index (χ1n) is 10.3. The average Bonchev–Trinajstić information content (AvgIpc) is 3.41. The molecule has 0 N–H and O–H groups in total. The van der Waals surface area contributed by atoms with Gasteiger partial charge in [0.2, 0.25) is 0 Å². The zero-order valence-electron chi connectivity index (χ0n) is 18.0. The maximum atomic E-state index is 14.0. The number of fused-ring (bicyclic) bond motifs is 1. The summed E-state index contributed by atoms with van der Waals surface area (Å²) in [6.45, 7) is 2.77. The van der Waals surface area contributed by atoms with Gasteiger partial charge in [-0.2, -0.15) is 5.10 Å². The van der Waals surface area contributed by atoms with Crippen LogP contribution in [0.5, 0.6) is 5.75 Å². The van der Waals surface area contributed by atoms with Crippen LogP contribution in [0.2, 0.25) is 0 Å². The van der Waals surface area contributed by atoms with Crippen molar-refractivity contribution in [3.63, 3.8) is 0 Å². The third-order valence-corrected chi connectivity index (χ3v) is 5.63. The molecule has 1 aromatic heterocycles. The molecule has 7 heteroatoms. The quantitative estimate of drug-likeness (QED) is 0.445. The van der Waals surface area contributed by atoms with Crippen molar-refractivity contribution in [2.75, 3.05) is 26.9 Å². The first-order valence-corrected chi connectivity index (χ1v) is 10.3. The molecule has 1 aliphatic rings. The molecule has 1 unspecified atom stereocenters. The summed E-state index contributed by atoms with van der Waals surface area (Å²) in [5.74, 6) is 0.0167. The number of rotatable bonds is 6. The van der Waals surface area contributed by atoms with Gasteiger partial charge in [0, 0.05) is 43.9 Å². The van der Waals surface area contributed by atoms with Crippen molar-refractivity contribution in [1.82, 2.24) is 9.58 Å². The lowest BCUT2D eigenvalue weighted by Crippen LogP contribution is -2.27. The minimum Gasteiger partial charge on any atom is -0.483 e. The minimum atomic E-state index is -0.310. The molecule has 31 heavy (non-hydrogen) atoms. The molecule has 1 saturated heterocycles. The number of aryl methyl sites for hydroxylation is 2. The number of likely N-dealkylation sites (N-methyl/N-ethyl adjacent to an activating group) is 1. The lowest BCUT2D eigenvalue weighted by Gasteiger charge is -2.19. The number of carbonyl (C=O) groups is 1. The molecule has 1 amide bonds. The Kier molecular flexibility index (Phi) is 6.04. The molecule has 162 valence electrons. The highest BCUT2D eigenvalue weighted by Gasteiger charge is 2.24. The Morgan fingerprint density at radius 3 is 2.97 bits per heavy atom. The van der Waals surface area contributed by atoms with Gasteiger partial charge in [0.1, 0.15) is 11.6 Å². The molecule has 2 aromatic carbocycles. The van der Waals surface area contributed by atoms with Crippen LogP contribution in [0.1, 0.15) is 29.0 Å². The fourth-order valence-electron chi connectivity index (χ4n) is 3.84. The number of aromatic nitrogens is 1. The fourth-order valence-corrected chi connectivity index (χ4v) is 3.84. The number of hydrogen-bond acceptors (Lipinski definition) is 4. The number of halogens is 1. The van der Waals surface area contributed by atoms with E-state index in [0.29, 0.717) is 24.5 Å². The summed E-state index contributed by atoms with van der Waals surface area (Å²) in [7, 11) is 3.58. The first-order chi connectivity index (χ1) is 14.9. The Balaban J connectivity index is 1.43. The molecular formula is C24H26FN3O3. The zero-order valence-corrected chi connectivity index (χ0v) is 18.0. The number of carbonyl (C=O) groups excluding carboxylic acids is 1. The van der Waals surface area contributed by atoms with Crippen LogP contribution >= 0.6 is 0 Å². The van der Waals surface area contributed by atoms with Gasteiger partial charge in [0.15, 0.2) is 6.61 Å². The zero-order chi connectivity index (χ0) is 22.0. The van der Waals surface area contributed by atoms with E-state index in [1.165, 1.54) is 17.1 Å². The monoisotopic (exact) mass is 423 g/mol. The molecule has 4 rings (SSSR count). The van der Waals surface area contributed by atoms with E-state index in [1.807, 2.05) is 42.1 Å². The van der Waals surface area contributed by atoms with E-state index in [1.54, 1.807) is 20.2 Å². The number of nitrogens with zero attached hydrogens (tertiary/aromatic N) is 3. The van der Waals surface area contributed by atoms with E-state index in [4.69, 9.17) is 9.47 Å². The largest absolute Gasteiger partial charge is 0.483 e. The van der Waals surface area contributed by atoms with Crippen LogP contribution in [-0.2, 0) is 16.6 Å². The van der Waals surface area contributed by atoms with E-state index < -0.39 is 0 Å². The third-order valence-electron chi connectivity index (χ3n) is 5.63. The van der Waals surface area contributed by atoms with Crippen molar-refractivity contribution >= 4 is 23.0 Å². The van der Waals surface area contributed by atoms with Gasteiger partial charge >= 0.3 is 0 Å². The molecule has 3 aromatic rings. The Hall–Kier alpha value is -3.19. The van der Waals surface area contributed by atoms with Crippen molar-refractivity contribution in [1.29, 1.82) is 0 Å². The first kappa shape index (κ1) is 21.1. The second-order valence-corrected chi connectivity index (χ2v) is 7.90. The molecule has 1 aliphatic heterocycles. The van der Waals surface area contributed by atoms with Crippen LogP contribution in [0.3, 0.4) is 0 Å². The van der Waals surface area contributed by atoms with Gasteiger partial charge in [-0.3, -0.25) is 4.79 Å². The van der Waals surface area contributed by atoms with Crippen molar-refractivity contribution in [2.24, 2.45) is 12.1 Å². The van der Waals surface area contributed by atoms with Gasteiger partial charge in [-0.1, -0.05) is 12.1 Å². The minimum absolute atomic E-state index is 0.0719. The molecule has 0 bridgehead atoms. The van der Waals surface area contributed by atoms with Crippen molar-refractivity contribution < 1.29 is 18.7 Å². The molecule has 2 heterocycles. The molecule has 1 fully saturated rings. The Morgan fingerprint density at radius 2 is 2.19 bits per heavy atom. The van der Waals surface area contributed by atoms with Crippen LogP contribution in [-0.4, -0.2) is 48.6 Å². The van der Waals surface area contributed by atoms with Crippen LogP contribution in [0.25, 0.3) is 10.9 Å². The lowest BCUT2D eigenvalue weighted by molar-refractivity contribution is -0.132. The van der Waals surface area contributed by atoms with Crippen LogP contribution in [0.4, 0.5) is 4.39 Å². The number of benzene rings is 2. The Bertz CT molecular complexity index is 1130. The van der Waals surface area contributed by atoms with Gasteiger partial charge in [-0.05, 0) is 54.1 Å². The topological polar surface area (TPSA) is 56.1 Å². The van der Waals surface area contributed by atoms with E-state index in [-0.39, 0.29) is 24.2 Å². The second-order valence-electron chi connectivity index (χ2n) is 7.90. The van der Waals surface area contributed by atoms with Crippen LogP contribution in [0, 0.1) is 12.7 Å². The number of hydrogen-bond donors (Lipinski definition) is 0. The van der Waals surface area contributed by atoms with Gasteiger partial charge in [-0.25, -0.2) is 9.40 Å². The predicted molar refractivity (Wildman–Crippen MR) is 118 cm³/mol. The number of ether oxygens (including phenoxy) is 2. The fraction of sp³-hybridized carbons (Fsp3) is 0.333. The molecule has 0 saturated carbocycles. The highest BCUT2D eigenvalue weighted by Crippen LogP contribution is 2.35. The maximum absolute atomic E-state index is 14.0. The highest BCUT2D eigenvalue weighted by atomic mass is 19.1. The Morgan fingerprint density at radius 1 is 1.35 bits per heavy atom. The summed E-state index contributed by atoms with van der Waals surface area (Å²) in [6, 6.07) is 10.9. The number of hydrazone groups is 1. The molecule has 0 aliphatic carbocycles. The van der Waals surface area contributed by atoms with Gasteiger partial charge in [-0.15, -0.1) is 0 Å². The van der Waals surface area contributed by atoms with Gasteiger partial charge < -0.3 is 14.0 Å². The van der Waals surface area contributed by atoms with Crippen molar-refractivity contribution in [3.05, 3.63) is 65.1 Å². The van der Waals surface area contributed by atoms with E-state index in [9.17, 15) is 9.18 Å². The van der Waals surface area contributed by atoms with E-state index in [2.05, 4.69) is 5.10 Å². The molecule has 6 nitrogen and oxygen atoms in total. The summed E-state index contributed by atoms with van der Waals surface area (Å²) in [4.78, 5) is 12.6. The summed E-state index contributed by atoms with van der Waals surface area (Å²) in [5, 5.41) is 6.66. The normalized spacial score (nSPS) is 16.3. The Labute approximate surface area is 180 Å². The summed E-state index contributed by atoms with van der Waals surface area (Å²) in [6.07, 6.45) is 4.46. The maximum Gasteiger partial charge on any atom is 0.280 e. The third kappa shape index (κ3) is 4.61. The average molecular weight is 423 g/mol. The van der Waals surface area contributed by atoms with Crippen molar-refractivity contribution in [2.45, 2.75) is 19.3 Å². The summed E-state index contributed by atoms with van der Waals surface area (Å²) in [5.41, 5.74) is 3.41. The van der Waals surface area contributed by atoms with Crippen LogP contribution < -0.4 is 4.74 Å². The standard InChI is InChI=1S/C24H26FN3O3/c1-16-10-20(25)12-21(19-7-9-30-14-19)24(16)31-15-23(29)28(3)26-13-17-4-5-18-6-8-27(2)22(18)11-17/h4-6,8,10-13,19H,7,9,14-15H2,1-3H3/b26-13+. The smallest absolute Gasteiger partial charge is 0.280 e. The molecule has 0 radical (unpaired) electrons.